The monoisotopic (exact) mass is 197 g/mol. The first kappa shape index (κ1) is 11.1. The average molecular weight is 197 g/mol. The van der Waals surface area contributed by atoms with E-state index in [1.807, 2.05) is 20.8 Å². The first-order valence-electron chi connectivity index (χ1n) is 4.62. The molecule has 0 saturated carbocycles. The average Bonchev–Trinajstić information content (AvgIpc) is 2.07. The Kier molecular flexibility index (Phi) is 2.90. The summed E-state index contributed by atoms with van der Waals surface area (Å²) in [6.45, 7) is 7.42. The Morgan fingerprint density at radius 3 is 2.43 bits per heavy atom. The molecular formula is C11H16FNO. The van der Waals surface area contributed by atoms with Crippen molar-refractivity contribution in [2.45, 2.75) is 33.8 Å². The van der Waals surface area contributed by atoms with Crippen LogP contribution in [0.5, 0.6) is 0 Å². The number of aliphatic hydroxyl groups is 1. The molecule has 2 nitrogen and oxygen atoms in total. The van der Waals surface area contributed by atoms with Crippen LogP contribution in [0.1, 0.15) is 38.0 Å². The van der Waals surface area contributed by atoms with E-state index in [-0.39, 0.29) is 5.41 Å². The van der Waals surface area contributed by atoms with Crippen LogP contribution < -0.4 is 0 Å². The lowest BCUT2D eigenvalue weighted by Gasteiger charge is -2.26. The molecule has 14 heavy (non-hydrogen) atoms. The number of aromatic nitrogens is 1. The molecular weight excluding hydrogens is 181 g/mol. The van der Waals surface area contributed by atoms with Crippen LogP contribution in [0.4, 0.5) is 4.39 Å². The van der Waals surface area contributed by atoms with Gasteiger partial charge < -0.3 is 5.11 Å². The number of nitrogens with zero attached hydrogens (tertiary/aromatic N) is 1. The quantitative estimate of drug-likeness (QED) is 0.702. The van der Waals surface area contributed by atoms with E-state index in [2.05, 4.69) is 4.98 Å². The molecule has 0 aliphatic rings. The summed E-state index contributed by atoms with van der Waals surface area (Å²) >= 11 is 0. The molecule has 0 fully saturated rings. The summed E-state index contributed by atoms with van der Waals surface area (Å²) in [6.07, 6.45) is 0.771. The highest BCUT2D eigenvalue weighted by molar-refractivity contribution is 5.21. The highest BCUT2D eigenvalue weighted by atomic mass is 19.1. The number of hydrogen-bond acceptors (Lipinski definition) is 2. The SMILES string of the molecule is Cc1cc(C(O)C(C)(C)C)cnc1F. The summed E-state index contributed by atoms with van der Waals surface area (Å²) in [7, 11) is 0. The first-order valence-corrected chi connectivity index (χ1v) is 4.62. The maximum Gasteiger partial charge on any atom is 0.215 e. The third kappa shape index (κ3) is 2.29. The molecule has 78 valence electrons. The standard InChI is InChI=1S/C11H16FNO/c1-7-5-8(6-13-10(7)12)9(14)11(2,3)4/h5-6,9,14H,1-4H3. The second-order valence-electron chi connectivity index (χ2n) is 4.64. The van der Waals surface area contributed by atoms with E-state index in [9.17, 15) is 9.50 Å². The Hall–Kier alpha value is -0.960. The van der Waals surface area contributed by atoms with Gasteiger partial charge in [0.25, 0.3) is 0 Å². The summed E-state index contributed by atoms with van der Waals surface area (Å²) in [6, 6.07) is 1.64. The van der Waals surface area contributed by atoms with Crippen molar-refractivity contribution in [3.05, 3.63) is 29.3 Å². The van der Waals surface area contributed by atoms with Crippen molar-refractivity contribution in [3.8, 4) is 0 Å². The van der Waals surface area contributed by atoms with Crippen LogP contribution in [0.25, 0.3) is 0 Å². The van der Waals surface area contributed by atoms with Crippen molar-refractivity contribution in [1.29, 1.82) is 0 Å². The van der Waals surface area contributed by atoms with Crippen LogP contribution in [0.15, 0.2) is 12.3 Å². The first-order chi connectivity index (χ1) is 6.32. The summed E-state index contributed by atoms with van der Waals surface area (Å²) in [5.74, 6) is -0.477. The Bertz CT molecular complexity index is 331. The predicted molar refractivity (Wildman–Crippen MR) is 53.3 cm³/mol. The minimum Gasteiger partial charge on any atom is -0.388 e. The predicted octanol–water partition coefficient (Wildman–Crippen LogP) is 2.61. The van der Waals surface area contributed by atoms with Crippen LogP contribution in [0.2, 0.25) is 0 Å². The van der Waals surface area contributed by atoms with Gasteiger partial charge in [0.05, 0.1) is 6.10 Å². The van der Waals surface area contributed by atoms with Gasteiger partial charge in [0.1, 0.15) is 0 Å². The van der Waals surface area contributed by atoms with E-state index in [0.29, 0.717) is 11.1 Å². The van der Waals surface area contributed by atoms with Gasteiger partial charge in [-0.2, -0.15) is 4.39 Å². The molecule has 1 unspecified atom stereocenters. The molecule has 1 aromatic heterocycles. The molecule has 0 aromatic carbocycles. The van der Waals surface area contributed by atoms with Gasteiger partial charge in [0, 0.05) is 11.8 Å². The topological polar surface area (TPSA) is 33.1 Å². The summed E-state index contributed by atoms with van der Waals surface area (Å²) in [5.41, 5.74) is 0.869. The zero-order valence-electron chi connectivity index (χ0n) is 9.00. The number of hydrogen-bond donors (Lipinski definition) is 1. The van der Waals surface area contributed by atoms with Gasteiger partial charge in [-0.15, -0.1) is 0 Å². The Balaban J connectivity index is 3.03. The van der Waals surface area contributed by atoms with Gasteiger partial charge in [0.15, 0.2) is 0 Å². The van der Waals surface area contributed by atoms with E-state index in [1.54, 1.807) is 13.0 Å². The van der Waals surface area contributed by atoms with Gasteiger partial charge in [0.2, 0.25) is 5.95 Å². The molecule has 0 spiro atoms. The lowest BCUT2D eigenvalue weighted by atomic mass is 9.85. The van der Waals surface area contributed by atoms with E-state index in [4.69, 9.17) is 0 Å². The van der Waals surface area contributed by atoms with E-state index in [1.165, 1.54) is 6.20 Å². The molecule has 0 saturated heterocycles. The Morgan fingerprint density at radius 1 is 1.43 bits per heavy atom. The number of aryl methyl sites for hydroxylation is 1. The third-order valence-electron chi connectivity index (χ3n) is 2.17. The summed E-state index contributed by atoms with van der Waals surface area (Å²) in [4.78, 5) is 3.59. The van der Waals surface area contributed by atoms with Crippen LogP contribution in [-0.4, -0.2) is 10.1 Å². The van der Waals surface area contributed by atoms with Crippen LogP contribution >= 0.6 is 0 Å². The molecule has 3 heteroatoms. The molecule has 0 aliphatic carbocycles. The normalized spacial score (nSPS) is 14.1. The highest BCUT2D eigenvalue weighted by Gasteiger charge is 2.24. The van der Waals surface area contributed by atoms with E-state index < -0.39 is 12.1 Å². The van der Waals surface area contributed by atoms with E-state index >= 15 is 0 Å². The largest absolute Gasteiger partial charge is 0.388 e. The molecule has 1 heterocycles. The maximum atomic E-state index is 12.9. The maximum absolute atomic E-state index is 12.9. The van der Waals surface area contributed by atoms with Crippen molar-refractivity contribution in [2.24, 2.45) is 5.41 Å². The lowest BCUT2D eigenvalue weighted by Crippen LogP contribution is -2.18. The summed E-state index contributed by atoms with van der Waals surface area (Å²) in [5, 5.41) is 9.91. The van der Waals surface area contributed by atoms with Gasteiger partial charge in [-0.05, 0) is 24.0 Å². The van der Waals surface area contributed by atoms with Gasteiger partial charge in [-0.3, -0.25) is 0 Å². The molecule has 0 bridgehead atoms. The minimum atomic E-state index is -0.616. The molecule has 0 radical (unpaired) electrons. The fourth-order valence-corrected chi connectivity index (χ4v) is 1.23. The summed E-state index contributed by atoms with van der Waals surface area (Å²) < 4.78 is 12.9. The van der Waals surface area contributed by atoms with Crippen molar-refractivity contribution in [3.63, 3.8) is 0 Å². The number of pyridine rings is 1. The second-order valence-corrected chi connectivity index (χ2v) is 4.64. The van der Waals surface area contributed by atoms with Gasteiger partial charge in [-0.1, -0.05) is 20.8 Å². The molecule has 0 aliphatic heterocycles. The molecule has 1 rings (SSSR count). The molecule has 1 atom stereocenters. The van der Waals surface area contributed by atoms with Crippen molar-refractivity contribution in [2.75, 3.05) is 0 Å². The number of aliphatic hydroxyl groups excluding tert-OH is 1. The number of halogens is 1. The highest BCUT2D eigenvalue weighted by Crippen LogP contribution is 2.32. The van der Waals surface area contributed by atoms with Gasteiger partial charge in [-0.25, -0.2) is 4.98 Å². The van der Waals surface area contributed by atoms with Crippen LogP contribution in [-0.2, 0) is 0 Å². The van der Waals surface area contributed by atoms with Crippen molar-refractivity contribution in [1.82, 2.24) is 4.98 Å². The Morgan fingerprint density at radius 2 is 2.00 bits per heavy atom. The molecule has 0 amide bonds. The third-order valence-corrected chi connectivity index (χ3v) is 2.17. The lowest BCUT2D eigenvalue weighted by molar-refractivity contribution is 0.0622. The van der Waals surface area contributed by atoms with Crippen molar-refractivity contribution >= 4 is 0 Å². The number of rotatable bonds is 1. The fraction of sp³-hybridized carbons (Fsp3) is 0.545. The molecule has 1 N–H and O–H groups in total. The van der Waals surface area contributed by atoms with Crippen LogP contribution in [0, 0.1) is 18.3 Å². The second kappa shape index (κ2) is 3.65. The zero-order chi connectivity index (χ0) is 10.9. The fourth-order valence-electron chi connectivity index (χ4n) is 1.23. The smallest absolute Gasteiger partial charge is 0.215 e. The minimum absolute atomic E-state index is 0.258. The molecule has 1 aromatic rings. The Labute approximate surface area is 83.8 Å². The zero-order valence-corrected chi connectivity index (χ0v) is 9.00. The van der Waals surface area contributed by atoms with Crippen LogP contribution in [0.3, 0.4) is 0 Å². The van der Waals surface area contributed by atoms with E-state index in [0.717, 1.165) is 0 Å². The van der Waals surface area contributed by atoms with Gasteiger partial charge >= 0.3 is 0 Å². The van der Waals surface area contributed by atoms with Crippen molar-refractivity contribution < 1.29 is 9.50 Å².